The molecular weight excluding hydrogens is 192 g/mol. The SMILES string of the molecule is C=C1CCC(C(C)(C)OC(C)=O)CC1O. The molecule has 1 rings (SSSR count). The van der Waals surface area contributed by atoms with Crippen molar-refractivity contribution in [3.05, 3.63) is 12.2 Å². The standard InChI is InChI=1S/C12H20O3/c1-8-5-6-10(7-11(8)14)12(3,4)15-9(2)13/h10-11,14H,1,5-7H2,2-4H3. The molecule has 15 heavy (non-hydrogen) atoms. The van der Waals surface area contributed by atoms with E-state index in [4.69, 9.17) is 4.74 Å². The molecule has 3 heteroatoms. The fourth-order valence-corrected chi connectivity index (χ4v) is 2.17. The second-order valence-corrected chi connectivity index (χ2v) is 4.84. The molecule has 0 amide bonds. The summed E-state index contributed by atoms with van der Waals surface area (Å²) in [6.45, 7) is 9.04. The molecule has 2 unspecified atom stereocenters. The van der Waals surface area contributed by atoms with Crippen LogP contribution in [0.2, 0.25) is 0 Å². The van der Waals surface area contributed by atoms with Gasteiger partial charge in [0.25, 0.3) is 0 Å². The van der Waals surface area contributed by atoms with Crippen LogP contribution in [0.5, 0.6) is 0 Å². The van der Waals surface area contributed by atoms with Crippen molar-refractivity contribution in [1.29, 1.82) is 0 Å². The molecule has 2 atom stereocenters. The highest BCUT2D eigenvalue weighted by Crippen LogP contribution is 2.36. The quantitative estimate of drug-likeness (QED) is 0.563. The molecule has 0 radical (unpaired) electrons. The normalized spacial score (nSPS) is 27.6. The first kappa shape index (κ1) is 12.2. The van der Waals surface area contributed by atoms with E-state index >= 15 is 0 Å². The van der Waals surface area contributed by atoms with E-state index in [1.54, 1.807) is 0 Å². The van der Waals surface area contributed by atoms with E-state index in [1.807, 2.05) is 13.8 Å². The highest BCUT2D eigenvalue weighted by Gasteiger charge is 2.36. The number of esters is 1. The lowest BCUT2D eigenvalue weighted by Crippen LogP contribution is -2.40. The van der Waals surface area contributed by atoms with E-state index < -0.39 is 11.7 Å². The lowest BCUT2D eigenvalue weighted by molar-refractivity contribution is -0.160. The van der Waals surface area contributed by atoms with Gasteiger partial charge in [-0.1, -0.05) is 6.58 Å². The van der Waals surface area contributed by atoms with E-state index in [9.17, 15) is 9.90 Å². The largest absolute Gasteiger partial charge is 0.460 e. The zero-order valence-electron chi connectivity index (χ0n) is 9.75. The zero-order chi connectivity index (χ0) is 11.6. The molecule has 1 N–H and O–H groups in total. The van der Waals surface area contributed by atoms with Crippen molar-refractivity contribution >= 4 is 5.97 Å². The Labute approximate surface area is 91.1 Å². The van der Waals surface area contributed by atoms with Crippen LogP contribution in [0.3, 0.4) is 0 Å². The van der Waals surface area contributed by atoms with Gasteiger partial charge in [0.2, 0.25) is 0 Å². The van der Waals surface area contributed by atoms with Gasteiger partial charge in [0.1, 0.15) is 5.60 Å². The summed E-state index contributed by atoms with van der Waals surface area (Å²) in [4.78, 5) is 10.9. The summed E-state index contributed by atoms with van der Waals surface area (Å²) < 4.78 is 5.28. The summed E-state index contributed by atoms with van der Waals surface area (Å²) in [7, 11) is 0. The molecule has 0 aromatic rings. The third-order valence-electron chi connectivity index (χ3n) is 3.18. The molecule has 1 saturated carbocycles. The van der Waals surface area contributed by atoms with Gasteiger partial charge in [0.15, 0.2) is 0 Å². The van der Waals surface area contributed by atoms with Gasteiger partial charge in [-0.05, 0) is 38.7 Å². The lowest BCUT2D eigenvalue weighted by atomic mass is 9.76. The van der Waals surface area contributed by atoms with Gasteiger partial charge >= 0.3 is 5.97 Å². The van der Waals surface area contributed by atoms with Crippen LogP contribution in [0.25, 0.3) is 0 Å². The smallest absolute Gasteiger partial charge is 0.303 e. The van der Waals surface area contributed by atoms with Gasteiger partial charge in [0, 0.05) is 12.8 Å². The van der Waals surface area contributed by atoms with E-state index in [-0.39, 0.29) is 11.9 Å². The number of rotatable bonds is 2. The first-order valence-electron chi connectivity index (χ1n) is 5.38. The summed E-state index contributed by atoms with van der Waals surface area (Å²) in [6.07, 6.45) is 1.94. The molecular formula is C12H20O3. The Morgan fingerprint density at radius 1 is 1.60 bits per heavy atom. The summed E-state index contributed by atoms with van der Waals surface area (Å²) >= 11 is 0. The highest BCUT2D eigenvalue weighted by atomic mass is 16.6. The number of aliphatic hydroxyl groups is 1. The first-order valence-corrected chi connectivity index (χ1v) is 5.38. The van der Waals surface area contributed by atoms with Crippen LogP contribution in [-0.2, 0) is 9.53 Å². The monoisotopic (exact) mass is 212 g/mol. The van der Waals surface area contributed by atoms with Crippen molar-refractivity contribution in [2.75, 3.05) is 0 Å². The fraction of sp³-hybridized carbons (Fsp3) is 0.750. The second kappa shape index (κ2) is 4.35. The minimum absolute atomic E-state index is 0.210. The Kier molecular flexibility index (Phi) is 3.55. The Morgan fingerprint density at radius 2 is 2.20 bits per heavy atom. The molecule has 0 saturated heterocycles. The van der Waals surface area contributed by atoms with Crippen LogP contribution < -0.4 is 0 Å². The molecule has 0 aromatic heterocycles. The highest BCUT2D eigenvalue weighted by molar-refractivity contribution is 5.66. The molecule has 0 bridgehead atoms. The molecule has 1 aliphatic rings. The van der Waals surface area contributed by atoms with Crippen molar-refractivity contribution in [2.45, 2.75) is 51.7 Å². The summed E-state index contributed by atoms with van der Waals surface area (Å²) in [5.74, 6) is -0.0548. The second-order valence-electron chi connectivity index (χ2n) is 4.84. The van der Waals surface area contributed by atoms with E-state index in [1.165, 1.54) is 6.92 Å². The zero-order valence-corrected chi connectivity index (χ0v) is 9.75. The molecule has 1 fully saturated rings. The van der Waals surface area contributed by atoms with Gasteiger partial charge in [-0.15, -0.1) is 0 Å². The Bertz CT molecular complexity index is 268. The summed E-state index contributed by atoms with van der Waals surface area (Å²) in [5.41, 5.74) is 0.401. The van der Waals surface area contributed by atoms with Gasteiger partial charge < -0.3 is 9.84 Å². The van der Waals surface area contributed by atoms with Crippen LogP contribution in [0.15, 0.2) is 12.2 Å². The number of aliphatic hydroxyl groups excluding tert-OH is 1. The van der Waals surface area contributed by atoms with Crippen LogP contribution in [-0.4, -0.2) is 22.8 Å². The average Bonchev–Trinajstić information content (AvgIpc) is 2.07. The Morgan fingerprint density at radius 3 is 2.67 bits per heavy atom. The van der Waals surface area contributed by atoms with Crippen molar-refractivity contribution in [1.82, 2.24) is 0 Å². The summed E-state index contributed by atoms with van der Waals surface area (Å²) in [5, 5.41) is 9.71. The van der Waals surface area contributed by atoms with E-state index in [2.05, 4.69) is 6.58 Å². The maximum absolute atomic E-state index is 10.9. The minimum atomic E-state index is -0.493. The molecule has 1 aliphatic carbocycles. The summed E-state index contributed by atoms with van der Waals surface area (Å²) in [6, 6.07) is 0. The van der Waals surface area contributed by atoms with Gasteiger partial charge in [-0.3, -0.25) is 4.79 Å². The molecule has 3 nitrogen and oxygen atoms in total. The number of ether oxygens (including phenoxy) is 1. The third kappa shape index (κ3) is 3.06. The molecule has 86 valence electrons. The molecule has 0 aromatic carbocycles. The number of carbonyl (C=O) groups is 1. The Hall–Kier alpha value is -0.830. The van der Waals surface area contributed by atoms with Crippen molar-refractivity contribution < 1.29 is 14.6 Å². The average molecular weight is 212 g/mol. The maximum atomic E-state index is 10.9. The minimum Gasteiger partial charge on any atom is -0.460 e. The number of carbonyl (C=O) groups excluding carboxylic acids is 1. The Balaban J connectivity index is 2.63. The van der Waals surface area contributed by atoms with Gasteiger partial charge in [-0.2, -0.15) is 0 Å². The van der Waals surface area contributed by atoms with Crippen molar-refractivity contribution in [3.63, 3.8) is 0 Å². The number of hydrogen-bond acceptors (Lipinski definition) is 3. The van der Waals surface area contributed by atoms with Crippen LogP contribution in [0.4, 0.5) is 0 Å². The lowest BCUT2D eigenvalue weighted by Gasteiger charge is -2.38. The van der Waals surface area contributed by atoms with E-state index in [0.717, 1.165) is 18.4 Å². The number of hydrogen-bond donors (Lipinski definition) is 1. The van der Waals surface area contributed by atoms with Crippen molar-refractivity contribution in [2.24, 2.45) is 5.92 Å². The molecule has 0 spiro atoms. The van der Waals surface area contributed by atoms with Gasteiger partial charge in [0.05, 0.1) is 6.10 Å². The van der Waals surface area contributed by atoms with Crippen LogP contribution >= 0.6 is 0 Å². The fourth-order valence-electron chi connectivity index (χ4n) is 2.17. The topological polar surface area (TPSA) is 46.5 Å². The molecule has 0 aliphatic heterocycles. The van der Waals surface area contributed by atoms with Crippen LogP contribution in [0, 0.1) is 5.92 Å². The predicted octanol–water partition coefficient (Wildman–Crippen LogP) is 2.05. The predicted molar refractivity (Wildman–Crippen MR) is 58.3 cm³/mol. The maximum Gasteiger partial charge on any atom is 0.303 e. The van der Waals surface area contributed by atoms with Crippen LogP contribution in [0.1, 0.15) is 40.0 Å². The van der Waals surface area contributed by atoms with E-state index in [0.29, 0.717) is 6.42 Å². The van der Waals surface area contributed by atoms with Crippen molar-refractivity contribution in [3.8, 4) is 0 Å². The first-order chi connectivity index (χ1) is 6.83. The third-order valence-corrected chi connectivity index (χ3v) is 3.18. The molecule has 0 heterocycles. The van der Waals surface area contributed by atoms with Gasteiger partial charge in [-0.25, -0.2) is 0 Å².